The summed E-state index contributed by atoms with van der Waals surface area (Å²) in [6, 6.07) is 8.87. The second-order valence-electron chi connectivity index (χ2n) is 3.79. The zero-order valence-electron chi connectivity index (χ0n) is 9.67. The molecule has 5 nitrogen and oxygen atoms in total. The third-order valence-electron chi connectivity index (χ3n) is 2.48. The quantitative estimate of drug-likeness (QED) is 0.906. The van der Waals surface area contributed by atoms with E-state index in [4.69, 9.17) is 4.42 Å². The lowest BCUT2D eigenvalue weighted by atomic mass is 10.1. The van der Waals surface area contributed by atoms with Crippen molar-refractivity contribution in [3.8, 4) is 0 Å². The molecule has 0 saturated heterocycles. The summed E-state index contributed by atoms with van der Waals surface area (Å²) >= 11 is 3.08. The summed E-state index contributed by atoms with van der Waals surface area (Å²) in [7, 11) is 0. The molecule has 1 amide bonds. The Kier molecular flexibility index (Phi) is 4.01. The molecule has 6 heteroatoms. The molecule has 0 spiro atoms. The predicted molar refractivity (Wildman–Crippen MR) is 70.7 cm³/mol. The fourth-order valence-corrected chi connectivity index (χ4v) is 1.92. The monoisotopic (exact) mass is 323 g/mol. The number of hydrogen-bond donors (Lipinski definition) is 2. The van der Waals surface area contributed by atoms with E-state index in [0.717, 1.165) is 0 Å². The number of carbonyl (C=O) groups excluding carboxylic acids is 1. The maximum absolute atomic E-state index is 11.9. The van der Waals surface area contributed by atoms with Gasteiger partial charge in [0.15, 0.2) is 10.7 Å². The average Bonchev–Trinajstić information content (AvgIpc) is 2.83. The highest BCUT2D eigenvalue weighted by molar-refractivity contribution is 9.10. The van der Waals surface area contributed by atoms with Gasteiger partial charge in [0.1, 0.15) is 6.26 Å². The van der Waals surface area contributed by atoms with E-state index < -0.39 is 17.9 Å². The molecule has 2 aromatic rings. The number of nitrogens with one attached hydrogen (secondary N) is 1. The van der Waals surface area contributed by atoms with Gasteiger partial charge in [-0.3, -0.25) is 4.79 Å². The number of carbonyl (C=O) groups is 2. The van der Waals surface area contributed by atoms with Gasteiger partial charge in [-0.15, -0.1) is 0 Å². The SMILES string of the molecule is O=C(N[C@@H](C(=O)O)c1ccccc1)c1coc(Br)c1. The molecule has 0 bridgehead atoms. The lowest BCUT2D eigenvalue weighted by Gasteiger charge is -2.14. The van der Waals surface area contributed by atoms with Crippen LogP contribution in [0.2, 0.25) is 0 Å². The Morgan fingerprint density at radius 2 is 1.95 bits per heavy atom. The van der Waals surface area contributed by atoms with E-state index in [1.54, 1.807) is 30.3 Å². The molecule has 0 aliphatic carbocycles. The third-order valence-corrected chi connectivity index (χ3v) is 2.90. The minimum Gasteiger partial charge on any atom is -0.479 e. The summed E-state index contributed by atoms with van der Waals surface area (Å²) in [6.07, 6.45) is 1.25. The van der Waals surface area contributed by atoms with Crippen molar-refractivity contribution in [2.24, 2.45) is 0 Å². The van der Waals surface area contributed by atoms with E-state index in [1.165, 1.54) is 12.3 Å². The standard InChI is InChI=1S/C13H10BrNO4/c14-10-6-9(7-19-10)12(16)15-11(13(17)18)8-4-2-1-3-5-8/h1-7,11H,(H,15,16)(H,17,18)/t11-/m1/s1. The summed E-state index contributed by atoms with van der Waals surface area (Å²) in [5.74, 6) is -1.63. The lowest BCUT2D eigenvalue weighted by Crippen LogP contribution is -2.33. The summed E-state index contributed by atoms with van der Waals surface area (Å²) in [4.78, 5) is 23.1. The molecule has 1 heterocycles. The largest absolute Gasteiger partial charge is 0.479 e. The van der Waals surface area contributed by atoms with Crippen LogP contribution in [0.3, 0.4) is 0 Å². The molecule has 0 aliphatic heterocycles. The van der Waals surface area contributed by atoms with Gasteiger partial charge in [0, 0.05) is 6.07 Å². The molecule has 0 saturated carbocycles. The number of amides is 1. The number of furan rings is 1. The van der Waals surface area contributed by atoms with Crippen LogP contribution in [0.15, 0.2) is 51.7 Å². The maximum Gasteiger partial charge on any atom is 0.330 e. The number of hydrogen-bond acceptors (Lipinski definition) is 3. The van der Waals surface area contributed by atoms with Crippen LogP contribution in [0.5, 0.6) is 0 Å². The van der Waals surface area contributed by atoms with Crippen molar-refractivity contribution in [3.05, 3.63) is 58.5 Å². The number of rotatable bonds is 4. The van der Waals surface area contributed by atoms with Crippen LogP contribution >= 0.6 is 15.9 Å². The Labute approximate surface area is 117 Å². The molecule has 1 aromatic heterocycles. The molecule has 2 rings (SSSR count). The smallest absolute Gasteiger partial charge is 0.330 e. The Hall–Kier alpha value is -2.08. The molecule has 0 fully saturated rings. The zero-order valence-corrected chi connectivity index (χ0v) is 11.3. The van der Waals surface area contributed by atoms with E-state index in [0.29, 0.717) is 10.2 Å². The molecule has 0 unspecified atom stereocenters. The van der Waals surface area contributed by atoms with E-state index >= 15 is 0 Å². The molecule has 19 heavy (non-hydrogen) atoms. The minimum atomic E-state index is -1.12. The molecular formula is C13H10BrNO4. The summed E-state index contributed by atoms with van der Waals surface area (Å²) in [6.45, 7) is 0. The number of carboxylic acid groups (broad SMARTS) is 1. The van der Waals surface area contributed by atoms with Crippen LogP contribution in [-0.4, -0.2) is 17.0 Å². The van der Waals surface area contributed by atoms with Crippen LogP contribution in [0, 0.1) is 0 Å². The van der Waals surface area contributed by atoms with Gasteiger partial charge in [0.2, 0.25) is 0 Å². The molecule has 1 aromatic carbocycles. The van der Waals surface area contributed by atoms with E-state index in [2.05, 4.69) is 21.2 Å². The van der Waals surface area contributed by atoms with Crippen molar-refractivity contribution >= 4 is 27.8 Å². The third kappa shape index (κ3) is 3.23. The number of benzene rings is 1. The van der Waals surface area contributed by atoms with Crippen molar-refractivity contribution in [2.45, 2.75) is 6.04 Å². The molecule has 1 atom stereocenters. The highest BCUT2D eigenvalue weighted by atomic mass is 79.9. The molecule has 98 valence electrons. The zero-order chi connectivity index (χ0) is 13.8. The van der Waals surface area contributed by atoms with Crippen LogP contribution < -0.4 is 5.32 Å². The Morgan fingerprint density at radius 3 is 2.47 bits per heavy atom. The van der Waals surface area contributed by atoms with Gasteiger partial charge in [0.25, 0.3) is 5.91 Å². The second kappa shape index (κ2) is 5.71. The van der Waals surface area contributed by atoms with Crippen molar-refractivity contribution in [3.63, 3.8) is 0 Å². The summed E-state index contributed by atoms with van der Waals surface area (Å²) < 4.78 is 5.35. The van der Waals surface area contributed by atoms with Gasteiger partial charge in [-0.2, -0.15) is 0 Å². The maximum atomic E-state index is 11.9. The summed E-state index contributed by atoms with van der Waals surface area (Å²) in [5, 5.41) is 11.6. The van der Waals surface area contributed by atoms with E-state index in [-0.39, 0.29) is 5.56 Å². The number of carboxylic acids is 1. The van der Waals surface area contributed by atoms with Crippen LogP contribution in [0.25, 0.3) is 0 Å². The lowest BCUT2D eigenvalue weighted by molar-refractivity contribution is -0.139. The highest BCUT2D eigenvalue weighted by Gasteiger charge is 2.23. The number of halogens is 1. The first kappa shape index (κ1) is 13.4. The normalized spacial score (nSPS) is 11.8. The minimum absolute atomic E-state index is 0.258. The fourth-order valence-electron chi connectivity index (χ4n) is 1.58. The molecule has 0 aliphatic rings. The second-order valence-corrected chi connectivity index (χ2v) is 4.58. The van der Waals surface area contributed by atoms with Crippen molar-refractivity contribution in [1.82, 2.24) is 5.32 Å². The van der Waals surface area contributed by atoms with E-state index in [9.17, 15) is 14.7 Å². The Balaban J connectivity index is 2.18. The van der Waals surface area contributed by atoms with Crippen LogP contribution in [-0.2, 0) is 4.79 Å². The first-order valence-electron chi connectivity index (χ1n) is 5.40. The predicted octanol–water partition coefficient (Wildman–Crippen LogP) is 2.60. The first-order valence-corrected chi connectivity index (χ1v) is 6.20. The molecule has 2 N–H and O–H groups in total. The van der Waals surface area contributed by atoms with Crippen molar-refractivity contribution in [2.75, 3.05) is 0 Å². The average molecular weight is 324 g/mol. The molecular weight excluding hydrogens is 314 g/mol. The topological polar surface area (TPSA) is 79.5 Å². The number of aliphatic carboxylic acids is 1. The van der Waals surface area contributed by atoms with Crippen LogP contribution in [0.4, 0.5) is 0 Å². The fraction of sp³-hybridized carbons (Fsp3) is 0.0769. The van der Waals surface area contributed by atoms with Crippen molar-refractivity contribution in [1.29, 1.82) is 0 Å². The first-order chi connectivity index (χ1) is 9.08. The van der Waals surface area contributed by atoms with Gasteiger partial charge in [0.05, 0.1) is 5.56 Å². The van der Waals surface area contributed by atoms with Gasteiger partial charge < -0.3 is 14.8 Å². The molecule has 0 radical (unpaired) electrons. The van der Waals surface area contributed by atoms with E-state index in [1.807, 2.05) is 0 Å². The van der Waals surface area contributed by atoms with Crippen molar-refractivity contribution < 1.29 is 19.1 Å². The van der Waals surface area contributed by atoms with Crippen LogP contribution in [0.1, 0.15) is 22.0 Å². The summed E-state index contributed by atoms with van der Waals surface area (Å²) in [5.41, 5.74) is 0.764. The van der Waals surface area contributed by atoms with Gasteiger partial charge >= 0.3 is 5.97 Å². The highest BCUT2D eigenvalue weighted by Crippen LogP contribution is 2.17. The van der Waals surface area contributed by atoms with Gasteiger partial charge in [-0.25, -0.2) is 4.79 Å². The Morgan fingerprint density at radius 1 is 1.26 bits per heavy atom. The Bertz CT molecular complexity index is 594. The van der Waals surface area contributed by atoms with Gasteiger partial charge in [-0.1, -0.05) is 30.3 Å². The van der Waals surface area contributed by atoms with Gasteiger partial charge in [-0.05, 0) is 21.5 Å².